The van der Waals surface area contributed by atoms with Gasteiger partial charge in [-0.05, 0) is 30.2 Å². The van der Waals surface area contributed by atoms with Crippen molar-refractivity contribution in [1.29, 1.82) is 0 Å². The Labute approximate surface area is 91.9 Å². The summed E-state index contributed by atoms with van der Waals surface area (Å²) in [4.78, 5) is 10.5. The summed E-state index contributed by atoms with van der Waals surface area (Å²) in [5.41, 5.74) is 7.29. The van der Waals surface area contributed by atoms with Gasteiger partial charge < -0.3 is 5.73 Å². The Balaban J connectivity index is 2.76. The molecule has 0 heterocycles. The van der Waals surface area contributed by atoms with Crippen LogP contribution < -0.4 is 5.73 Å². The van der Waals surface area contributed by atoms with E-state index in [4.69, 9.17) is 5.73 Å². The Morgan fingerprint density at radius 3 is 2.86 bits per heavy atom. The van der Waals surface area contributed by atoms with Crippen LogP contribution in [0.1, 0.15) is 17.5 Å². The second-order valence-electron chi connectivity index (χ2n) is 3.07. The standard InChI is InChI=1S/C11H12BrNO/c1-8-7-10(12)6-5-9(8)3-2-4-11(13)14/h2-3,5-7H,4H2,1H3,(H2,13,14). The molecule has 2 N–H and O–H groups in total. The number of halogens is 1. The van der Waals surface area contributed by atoms with Gasteiger partial charge in [0.15, 0.2) is 0 Å². The predicted molar refractivity (Wildman–Crippen MR) is 61.7 cm³/mol. The summed E-state index contributed by atoms with van der Waals surface area (Å²) < 4.78 is 1.06. The van der Waals surface area contributed by atoms with E-state index in [1.807, 2.05) is 31.2 Å². The molecule has 0 spiro atoms. The minimum absolute atomic E-state index is 0.287. The zero-order chi connectivity index (χ0) is 10.6. The van der Waals surface area contributed by atoms with Crippen LogP contribution in [0.3, 0.4) is 0 Å². The van der Waals surface area contributed by atoms with Crippen LogP contribution in [0.2, 0.25) is 0 Å². The van der Waals surface area contributed by atoms with Gasteiger partial charge in [-0.2, -0.15) is 0 Å². The molecule has 0 aromatic heterocycles. The molecule has 0 aliphatic rings. The van der Waals surface area contributed by atoms with Gasteiger partial charge >= 0.3 is 0 Å². The number of amides is 1. The first-order chi connectivity index (χ1) is 6.59. The third kappa shape index (κ3) is 3.34. The van der Waals surface area contributed by atoms with E-state index >= 15 is 0 Å². The fourth-order valence-corrected chi connectivity index (χ4v) is 1.60. The van der Waals surface area contributed by atoms with Crippen LogP contribution in [0, 0.1) is 6.92 Å². The van der Waals surface area contributed by atoms with Crippen molar-refractivity contribution >= 4 is 27.9 Å². The number of aryl methyl sites for hydroxylation is 1. The van der Waals surface area contributed by atoms with E-state index < -0.39 is 0 Å². The highest BCUT2D eigenvalue weighted by molar-refractivity contribution is 9.10. The van der Waals surface area contributed by atoms with Gasteiger partial charge in [-0.15, -0.1) is 0 Å². The number of carbonyl (C=O) groups is 1. The van der Waals surface area contributed by atoms with E-state index in [1.54, 1.807) is 6.08 Å². The highest BCUT2D eigenvalue weighted by Crippen LogP contribution is 2.16. The predicted octanol–water partition coefficient (Wildman–Crippen LogP) is 2.65. The topological polar surface area (TPSA) is 43.1 Å². The van der Waals surface area contributed by atoms with Gasteiger partial charge in [-0.1, -0.05) is 34.1 Å². The van der Waals surface area contributed by atoms with Crippen molar-refractivity contribution in [3.8, 4) is 0 Å². The fraction of sp³-hybridized carbons (Fsp3) is 0.182. The summed E-state index contributed by atoms with van der Waals surface area (Å²) in [5.74, 6) is -0.309. The van der Waals surface area contributed by atoms with Crippen LogP contribution in [0.25, 0.3) is 6.08 Å². The van der Waals surface area contributed by atoms with Crippen LogP contribution in [0.15, 0.2) is 28.7 Å². The summed E-state index contributed by atoms with van der Waals surface area (Å²) in [5, 5.41) is 0. The van der Waals surface area contributed by atoms with Crippen molar-refractivity contribution in [3.63, 3.8) is 0 Å². The molecule has 0 aliphatic carbocycles. The molecule has 0 bridgehead atoms. The van der Waals surface area contributed by atoms with Crippen LogP contribution in [0.4, 0.5) is 0 Å². The van der Waals surface area contributed by atoms with Gasteiger partial charge in [-0.3, -0.25) is 4.79 Å². The van der Waals surface area contributed by atoms with Gasteiger partial charge in [0.05, 0.1) is 0 Å². The molecular weight excluding hydrogens is 242 g/mol. The Kier molecular flexibility index (Phi) is 3.89. The highest BCUT2D eigenvalue weighted by Gasteiger charge is 1.95. The van der Waals surface area contributed by atoms with E-state index in [0.29, 0.717) is 0 Å². The summed E-state index contributed by atoms with van der Waals surface area (Å²) in [7, 11) is 0. The lowest BCUT2D eigenvalue weighted by atomic mass is 10.1. The number of benzene rings is 1. The third-order valence-electron chi connectivity index (χ3n) is 1.85. The van der Waals surface area contributed by atoms with E-state index in [0.717, 1.165) is 10.0 Å². The average Bonchev–Trinajstić information content (AvgIpc) is 2.08. The van der Waals surface area contributed by atoms with Gasteiger partial charge in [-0.25, -0.2) is 0 Å². The molecule has 0 unspecified atom stereocenters. The quantitative estimate of drug-likeness (QED) is 0.885. The molecule has 0 aliphatic heterocycles. The molecule has 0 saturated heterocycles. The van der Waals surface area contributed by atoms with Crippen LogP contribution >= 0.6 is 15.9 Å². The lowest BCUT2D eigenvalue weighted by molar-refractivity contribution is -0.117. The number of carbonyl (C=O) groups excluding carboxylic acids is 1. The molecule has 0 saturated carbocycles. The zero-order valence-electron chi connectivity index (χ0n) is 7.96. The second kappa shape index (κ2) is 4.96. The maximum atomic E-state index is 10.5. The van der Waals surface area contributed by atoms with Crippen LogP contribution in [-0.4, -0.2) is 5.91 Å². The van der Waals surface area contributed by atoms with Gasteiger partial charge in [0.25, 0.3) is 0 Å². The van der Waals surface area contributed by atoms with Gasteiger partial charge in [0.1, 0.15) is 0 Å². The Morgan fingerprint density at radius 2 is 2.29 bits per heavy atom. The smallest absolute Gasteiger partial charge is 0.221 e. The monoisotopic (exact) mass is 253 g/mol. The van der Waals surface area contributed by atoms with Crippen molar-refractivity contribution < 1.29 is 4.79 Å². The lowest BCUT2D eigenvalue weighted by Gasteiger charge is -2.00. The van der Waals surface area contributed by atoms with E-state index in [9.17, 15) is 4.79 Å². The summed E-state index contributed by atoms with van der Waals surface area (Å²) in [6, 6.07) is 6.00. The van der Waals surface area contributed by atoms with Crippen LogP contribution in [-0.2, 0) is 4.79 Å². The molecule has 0 radical (unpaired) electrons. The van der Waals surface area contributed by atoms with Crippen molar-refractivity contribution in [2.75, 3.05) is 0 Å². The van der Waals surface area contributed by atoms with Gasteiger partial charge in [0.2, 0.25) is 5.91 Å². The van der Waals surface area contributed by atoms with Gasteiger partial charge in [0, 0.05) is 10.9 Å². The molecule has 0 fully saturated rings. The van der Waals surface area contributed by atoms with Crippen molar-refractivity contribution in [1.82, 2.24) is 0 Å². The second-order valence-corrected chi connectivity index (χ2v) is 3.99. The molecular formula is C11H12BrNO. The first-order valence-corrected chi connectivity index (χ1v) is 5.10. The van der Waals surface area contributed by atoms with Crippen molar-refractivity contribution in [3.05, 3.63) is 39.9 Å². The molecule has 1 amide bonds. The zero-order valence-corrected chi connectivity index (χ0v) is 9.54. The van der Waals surface area contributed by atoms with Crippen molar-refractivity contribution in [2.45, 2.75) is 13.3 Å². The minimum atomic E-state index is -0.309. The maximum absolute atomic E-state index is 10.5. The molecule has 2 nitrogen and oxygen atoms in total. The molecule has 1 aromatic carbocycles. The molecule has 74 valence electrons. The first kappa shape index (κ1) is 11.0. The normalized spacial score (nSPS) is 10.7. The minimum Gasteiger partial charge on any atom is -0.369 e. The van der Waals surface area contributed by atoms with E-state index in [-0.39, 0.29) is 12.3 Å². The number of nitrogens with two attached hydrogens (primary N) is 1. The Bertz CT molecular complexity index is 372. The molecule has 1 aromatic rings. The van der Waals surface area contributed by atoms with E-state index in [2.05, 4.69) is 15.9 Å². The summed E-state index contributed by atoms with van der Waals surface area (Å²) in [6.45, 7) is 2.02. The Hall–Kier alpha value is -1.09. The number of primary amides is 1. The SMILES string of the molecule is Cc1cc(Br)ccc1C=CCC(N)=O. The Morgan fingerprint density at radius 1 is 1.57 bits per heavy atom. The highest BCUT2D eigenvalue weighted by atomic mass is 79.9. The fourth-order valence-electron chi connectivity index (χ4n) is 1.13. The number of rotatable bonds is 3. The molecule has 1 rings (SSSR count). The largest absolute Gasteiger partial charge is 0.369 e. The molecule has 14 heavy (non-hydrogen) atoms. The van der Waals surface area contributed by atoms with Crippen molar-refractivity contribution in [2.24, 2.45) is 5.73 Å². The molecule has 3 heteroatoms. The average molecular weight is 254 g/mol. The summed E-state index contributed by atoms with van der Waals surface area (Å²) in [6.07, 6.45) is 3.97. The molecule has 0 atom stereocenters. The summed E-state index contributed by atoms with van der Waals surface area (Å²) >= 11 is 3.39. The third-order valence-corrected chi connectivity index (χ3v) is 2.34. The lowest BCUT2D eigenvalue weighted by Crippen LogP contribution is -2.07. The number of hydrogen-bond acceptors (Lipinski definition) is 1. The van der Waals surface area contributed by atoms with Crippen LogP contribution in [0.5, 0.6) is 0 Å². The van der Waals surface area contributed by atoms with E-state index in [1.165, 1.54) is 5.56 Å². The maximum Gasteiger partial charge on any atom is 0.221 e. The first-order valence-electron chi connectivity index (χ1n) is 4.30. The number of hydrogen-bond donors (Lipinski definition) is 1.